The maximum atomic E-state index is 13.8. The highest BCUT2D eigenvalue weighted by molar-refractivity contribution is 5.97. The Morgan fingerprint density at radius 1 is 1.32 bits per heavy atom. The minimum atomic E-state index is -0.657. The van der Waals surface area contributed by atoms with Crippen molar-refractivity contribution in [3.63, 3.8) is 0 Å². The lowest BCUT2D eigenvalue weighted by Crippen LogP contribution is -2.54. The summed E-state index contributed by atoms with van der Waals surface area (Å²) in [7, 11) is 0. The van der Waals surface area contributed by atoms with Gasteiger partial charge in [0.1, 0.15) is 12.1 Å². The lowest BCUT2D eigenvalue weighted by molar-refractivity contribution is -0.0886. The van der Waals surface area contributed by atoms with Gasteiger partial charge in [0.2, 0.25) is 0 Å². The van der Waals surface area contributed by atoms with Crippen LogP contribution in [0.4, 0.5) is 4.39 Å². The van der Waals surface area contributed by atoms with E-state index in [4.69, 9.17) is 0 Å². The van der Waals surface area contributed by atoms with Gasteiger partial charge in [0.15, 0.2) is 0 Å². The zero-order valence-corrected chi connectivity index (χ0v) is 13.8. The van der Waals surface area contributed by atoms with Crippen molar-refractivity contribution in [2.75, 3.05) is 13.1 Å². The molecule has 1 aromatic heterocycles. The molecule has 0 bridgehead atoms. The number of aromatic nitrogens is 4. The minimum absolute atomic E-state index is 0.0870. The number of carbonyl (C=O) groups is 1. The Balaban J connectivity index is 1.62. The molecule has 2 atom stereocenters. The first-order valence-electron chi connectivity index (χ1n) is 8.61. The van der Waals surface area contributed by atoms with E-state index in [9.17, 15) is 14.3 Å². The van der Waals surface area contributed by atoms with Crippen molar-refractivity contribution >= 4 is 5.91 Å². The molecule has 1 saturated heterocycles. The van der Waals surface area contributed by atoms with E-state index >= 15 is 0 Å². The standard InChI is InChI=1S/C17H20FN5O2/c18-13-4-5-15(23-11-19-20-21-23)14(9-13)16(24)22-8-7-17(25)6-2-1-3-12(17)10-22/h4-5,9,11-12,25H,1-3,6-8,10H2/t12-,17-/m1/s1. The van der Waals surface area contributed by atoms with Crippen molar-refractivity contribution in [3.05, 3.63) is 35.9 Å². The number of aliphatic hydroxyl groups is 1. The van der Waals surface area contributed by atoms with Crippen LogP contribution in [0.5, 0.6) is 0 Å². The Morgan fingerprint density at radius 2 is 2.20 bits per heavy atom. The molecule has 2 heterocycles. The molecule has 8 heteroatoms. The van der Waals surface area contributed by atoms with E-state index in [1.807, 2.05) is 0 Å². The largest absolute Gasteiger partial charge is 0.389 e. The molecule has 1 amide bonds. The van der Waals surface area contributed by atoms with E-state index < -0.39 is 11.4 Å². The first kappa shape index (κ1) is 16.1. The minimum Gasteiger partial charge on any atom is -0.389 e. The number of hydrogen-bond donors (Lipinski definition) is 1. The quantitative estimate of drug-likeness (QED) is 0.893. The summed E-state index contributed by atoms with van der Waals surface area (Å²) in [6.07, 6.45) is 5.77. The summed E-state index contributed by atoms with van der Waals surface area (Å²) in [5.74, 6) is -0.645. The molecule has 1 aliphatic heterocycles. The first-order chi connectivity index (χ1) is 12.1. The van der Waals surface area contributed by atoms with Crippen LogP contribution in [0.2, 0.25) is 0 Å². The van der Waals surface area contributed by atoms with Gasteiger partial charge in [-0.3, -0.25) is 4.79 Å². The number of halogens is 1. The number of likely N-dealkylation sites (tertiary alicyclic amines) is 1. The molecular weight excluding hydrogens is 325 g/mol. The van der Waals surface area contributed by atoms with Crippen LogP contribution in [0.1, 0.15) is 42.5 Å². The SMILES string of the molecule is O=C(c1cc(F)ccc1-n1cnnn1)N1CC[C@]2(O)CCCC[C@@H]2C1. The third kappa shape index (κ3) is 2.90. The highest BCUT2D eigenvalue weighted by Gasteiger charge is 2.44. The van der Waals surface area contributed by atoms with E-state index in [0.29, 0.717) is 25.2 Å². The molecule has 7 nitrogen and oxygen atoms in total. The van der Waals surface area contributed by atoms with E-state index in [0.717, 1.165) is 25.7 Å². The van der Waals surface area contributed by atoms with E-state index in [-0.39, 0.29) is 17.4 Å². The Labute approximate surface area is 144 Å². The lowest BCUT2D eigenvalue weighted by Gasteiger charge is -2.47. The number of amides is 1. The molecular formula is C17H20FN5O2. The fraction of sp³-hybridized carbons (Fsp3) is 0.529. The number of benzene rings is 1. The van der Waals surface area contributed by atoms with Crippen LogP contribution in [0.3, 0.4) is 0 Å². The number of fused-ring (bicyclic) bond motifs is 1. The molecule has 1 saturated carbocycles. The van der Waals surface area contributed by atoms with Crippen molar-refractivity contribution in [2.24, 2.45) is 5.92 Å². The molecule has 1 aliphatic carbocycles. The van der Waals surface area contributed by atoms with Gasteiger partial charge in [0.25, 0.3) is 5.91 Å². The maximum absolute atomic E-state index is 13.8. The fourth-order valence-electron chi connectivity index (χ4n) is 4.08. The average molecular weight is 345 g/mol. The molecule has 0 spiro atoms. The van der Waals surface area contributed by atoms with Crippen LogP contribution >= 0.6 is 0 Å². The van der Waals surface area contributed by atoms with Gasteiger partial charge < -0.3 is 10.0 Å². The molecule has 0 unspecified atom stereocenters. The molecule has 2 aliphatic rings. The Kier molecular flexibility index (Phi) is 3.99. The van der Waals surface area contributed by atoms with E-state index in [1.165, 1.54) is 29.2 Å². The van der Waals surface area contributed by atoms with Gasteiger partial charge in [-0.05, 0) is 47.9 Å². The molecule has 1 N–H and O–H groups in total. The fourth-order valence-corrected chi connectivity index (χ4v) is 4.08. The zero-order chi connectivity index (χ0) is 17.4. The van der Waals surface area contributed by atoms with Gasteiger partial charge >= 0.3 is 0 Å². The van der Waals surface area contributed by atoms with Gasteiger partial charge in [-0.2, -0.15) is 4.68 Å². The van der Waals surface area contributed by atoms with Crippen LogP contribution < -0.4 is 0 Å². The predicted octanol–water partition coefficient (Wildman–Crippen LogP) is 1.57. The van der Waals surface area contributed by atoms with Gasteiger partial charge in [0.05, 0.1) is 16.9 Å². The Bertz CT molecular complexity index is 781. The van der Waals surface area contributed by atoms with Crippen molar-refractivity contribution in [1.82, 2.24) is 25.1 Å². The number of rotatable bonds is 2. The summed E-state index contributed by atoms with van der Waals surface area (Å²) in [6, 6.07) is 4.00. The number of nitrogens with zero attached hydrogens (tertiary/aromatic N) is 5. The van der Waals surface area contributed by atoms with E-state index in [2.05, 4.69) is 15.5 Å². The molecule has 132 valence electrons. The topological polar surface area (TPSA) is 84.1 Å². The van der Waals surface area contributed by atoms with Crippen LogP contribution in [0.15, 0.2) is 24.5 Å². The second-order valence-electron chi connectivity index (χ2n) is 6.96. The maximum Gasteiger partial charge on any atom is 0.256 e. The highest BCUT2D eigenvalue weighted by atomic mass is 19.1. The zero-order valence-electron chi connectivity index (χ0n) is 13.8. The number of piperidine rings is 1. The van der Waals surface area contributed by atoms with Crippen molar-refractivity contribution in [2.45, 2.75) is 37.7 Å². The van der Waals surface area contributed by atoms with Gasteiger partial charge in [0, 0.05) is 19.0 Å². The van der Waals surface area contributed by atoms with Gasteiger partial charge in [-0.1, -0.05) is 12.8 Å². The van der Waals surface area contributed by atoms with Crippen molar-refractivity contribution in [3.8, 4) is 5.69 Å². The third-order valence-corrected chi connectivity index (χ3v) is 5.50. The summed E-state index contributed by atoms with van der Waals surface area (Å²) in [5.41, 5.74) is 0.0183. The Hall–Kier alpha value is -2.35. The summed E-state index contributed by atoms with van der Waals surface area (Å²) in [4.78, 5) is 14.8. The molecule has 1 aromatic carbocycles. The smallest absolute Gasteiger partial charge is 0.256 e. The molecule has 0 radical (unpaired) electrons. The van der Waals surface area contributed by atoms with Crippen LogP contribution in [0.25, 0.3) is 5.69 Å². The molecule has 2 fully saturated rings. The molecule has 4 rings (SSSR count). The predicted molar refractivity (Wildman–Crippen MR) is 86.5 cm³/mol. The molecule has 2 aromatic rings. The monoisotopic (exact) mass is 345 g/mol. The summed E-state index contributed by atoms with van der Waals surface area (Å²) < 4.78 is 15.1. The van der Waals surface area contributed by atoms with Gasteiger partial charge in [-0.15, -0.1) is 5.10 Å². The lowest BCUT2D eigenvalue weighted by atomic mass is 9.71. The first-order valence-corrected chi connectivity index (χ1v) is 8.61. The molecule has 25 heavy (non-hydrogen) atoms. The van der Waals surface area contributed by atoms with E-state index in [1.54, 1.807) is 4.90 Å². The highest BCUT2D eigenvalue weighted by Crippen LogP contribution is 2.40. The number of tetrazole rings is 1. The van der Waals surface area contributed by atoms with Crippen molar-refractivity contribution in [1.29, 1.82) is 0 Å². The summed E-state index contributed by atoms with van der Waals surface area (Å²) in [6.45, 7) is 0.971. The summed E-state index contributed by atoms with van der Waals surface area (Å²) in [5, 5.41) is 21.7. The number of carbonyl (C=O) groups excluding carboxylic acids is 1. The van der Waals surface area contributed by atoms with Crippen LogP contribution in [-0.2, 0) is 0 Å². The van der Waals surface area contributed by atoms with Gasteiger partial charge in [-0.25, -0.2) is 4.39 Å². The third-order valence-electron chi connectivity index (χ3n) is 5.50. The van der Waals surface area contributed by atoms with Crippen LogP contribution in [0, 0.1) is 11.7 Å². The van der Waals surface area contributed by atoms with Crippen LogP contribution in [-0.4, -0.2) is 54.8 Å². The normalized spacial score (nSPS) is 26.3. The average Bonchev–Trinajstić information content (AvgIpc) is 3.14. The second kappa shape index (κ2) is 6.18. The number of hydrogen-bond acceptors (Lipinski definition) is 5. The Morgan fingerprint density at radius 3 is 3.00 bits per heavy atom. The summed E-state index contributed by atoms with van der Waals surface area (Å²) >= 11 is 0. The van der Waals surface area contributed by atoms with Crippen molar-refractivity contribution < 1.29 is 14.3 Å². The second-order valence-corrected chi connectivity index (χ2v) is 6.96.